The van der Waals surface area contributed by atoms with Crippen molar-refractivity contribution in [2.75, 3.05) is 6.54 Å². The van der Waals surface area contributed by atoms with Gasteiger partial charge in [0, 0.05) is 18.6 Å². The second kappa shape index (κ2) is 5.85. The van der Waals surface area contributed by atoms with Gasteiger partial charge in [-0.15, -0.1) is 0 Å². The summed E-state index contributed by atoms with van der Waals surface area (Å²) in [6.45, 7) is 2.25. The summed E-state index contributed by atoms with van der Waals surface area (Å²) in [7, 11) is 0. The molecule has 2 heteroatoms. The lowest BCUT2D eigenvalue weighted by Crippen LogP contribution is -2.41. The summed E-state index contributed by atoms with van der Waals surface area (Å²) >= 11 is 0. The van der Waals surface area contributed by atoms with Gasteiger partial charge in [0.25, 0.3) is 0 Å². The zero-order valence-corrected chi connectivity index (χ0v) is 11.1. The molecule has 1 aromatic rings. The van der Waals surface area contributed by atoms with E-state index in [9.17, 15) is 0 Å². The van der Waals surface area contributed by atoms with E-state index in [0.717, 1.165) is 24.5 Å². The first-order valence-corrected chi connectivity index (χ1v) is 7.44. The van der Waals surface area contributed by atoms with Gasteiger partial charge in [-0.25, -0.2) is 0 Å². The van der Waals surface area contributed by atoms with Crippen molar-refractivity contribution in [1.29, 1.82) is 0 Å². The minimum absolute atomic E-state index is 0.723. The molecule has 0 amide bonds. The molecule has 1 aliphatic carbocycles. The fraction of sp³-hybridized carbons (Fsp3) is 0.625. The molecular formula is C16H24N2. The molecule has 2 aliphatic rings. The van der Waals surface area contributed by atoms with E-state index in [1.54, 1.807) is 0 Å². The van der Waals surface area contributed by atoms with Gasteiger partial charge in [-0.3, -0.25) is 0 Å². The SMILES string of the molecule is c1ccc(CNC2CCCC2C2CCCN2)cc1. The Bertz CT molecular complexity index is 357. The van der Waals surface area contributed by atoms with E-state index in [-0.39, 0.29) is 0 Å². The van der Waals surface area contributed by atoms with Gasteiger partial charge in [0.1, 0.15) is 0 Å². The molecule has 0 radical (unpaired) electrons. The van der Waals surface area contributed by atoms with Gasteiger partial charge in [-0.05, 0) is 43.7 Å². The molecule has 2 fully saturated rings. The van der Waals surface area contributed by atoms with Crippen molar-refractivity contribution < 1.29 is 0 Å². The topological polar surface area (TPSA) is 24.1 Å². The van der Waals surface area contributed by atoms with Crippen LogP contribution in [0.5, 0.6) is 0 Å². The quantitative estimate of drug-likeness (QED) is 0.851. The van der Waals surface area contributed by atoms with Crippen LogP contribution >= 0.6 is 0 Å². The van der Waals surface area contributed by atoms with Crippen molar-refractivity contribution in [2.24, 2.45) is 5.92 Å². The van der Waals surface area contributed by atoms with Crippen LogP contribution in [0.1, 0.15) is 37.7 Å². The smallest absolute Gasteiger partial charge is 0.0208 e. The highest BCUT2D eigenvalue weighted by atomic mass is 15.0. The van der Waals surface area contributed by atoms with Crippen LogP contribution in [0.15, 0.2) is 30.3 Å². The third-order valence-electron chi connectivity index (χ3n) is 4.60. The van der Waals surface area contributed by atoms with Gasteiger partial charge in [0.2, 0.25) is 0 Å². The van der Waals surface area contributed by atoms with Crippen LogP contribution < -0.4 is 10.6 Å². The zero-order valence-electron chi connectivity index (χ0n) is 11.1. The Morgan fingerprint density at radius 3 is 2.72 bits per heavy atom. The molecular weight excluding hydrogens is 220 g/mol. The fourth-order valence-electron chi connectivity index (χ4n) is 3.65. The first kappa shape index (κ1) is 12.2. The van der Waals surface area contributed by atoms with Gasteiger partial charge in [-0.1, -0.05) is 36.8 Å². The normalized spacial score (nSPS) is 31.9. The average molecular weight is 244 g/mol. The molecule has 2 N–H and O–H groups in total. The minimum Gasteiger partial charge on any atom is -0.314 e. The summed E-state index contributed by atoms with van der Waals surface area (Å²) in [6, 6.07) is 12.3. The van der Waals surface area contributed by atoms with Crippen LogP contribution in [-0.4, -0.2) is 18.6 Å². The van der Waals surface area contributed by atoms with Crippen molar-refractivity contribution in [3.05, 3.63) is 35.9 Å². The Hall–Kier alpha value is -0.860. The third-order valence-corrected chi connectivity index (χ3v) is 4.60. The van der Waals surface area contributed by atoms with E-state index < -0.39 is 0 Å². The lowest BCUT2D eigenvalue weighted by atomic mass is 9.93. The van der Waals surface area contributed by atoms with Gasteiger partial charge in [0.05, 0.1) is 0 Å². The zero-order chi connectivity index (χ0) is 12.2. The number of hydrogen-bond acceptors (Lipinski definition) is 2. The summed E-state index contributed by atoms with van der Waals surface area (Å²) in [6.07, 6.45) is 6.91. The molecule has 1 heterocycles. The molecule has 2 nitrogen and oxygen atoms in total. The molecule has 1 aromatic carbocycles. The Labute approximate surface area is 110 Å². The summed E-state index contributed by atoms with van der Waals surface area (Å²) in [4.78, 5) is 0. The van der Waals surface area contributed by atoms with Gasteiger partial charge >= 0.3 is 0 Å². The Kier molecular flexibility index (Phi) is 3.96. The predicted molar refractivity (Wildman–Crippen MR) is 75.4 cm³/mol. The number of hydrogen-bond donors (Lipinski definition) is 2. The van der Waals surface area contributed by atoms with Crippen LogP contribution in [0.2, 0.25) is 0 Å². The highest BCUT2D eigenvalue weighted by Gasteiger charge is 2.34. The second-order valence-corrected chi connectivity index (χ2v) is 5.77. The van der Waals surface area contributed by atoms with E-state index >= 15 is 0 Å². The standard InChI is InChI=1S/C16H24N2/c1-2-6-13(7-3-1)12-18-16-9-4-8-14(16)15-10-5-11-17-15/h1-3,6-7,14-18H,4-5,8-12H2. The minimum atomic E-state index is 0.723. The monoisotopic (exact) mass is 244 g/mol. The fourth-order valence-corrected chi connectivity index (χ4v) is 3.65. The first-order valence-electron chi connectivity index (χ1n) is 7.44. The van der Waals surface area contributed by atoms with Gasteiger partial charge in [0.15, 0.2) is 0 Å². The number of benzene rings is 1. The van der Waals surface area contributed by atoms with Crippen LogP contribution in [0.25, 0.3) is 0 Å². The summed E-state index contributed by atoms with van der Waals surface area (Å²) < 4.78 is 0. The molecule has 3 atom stereocenters. The predicted octanol–water partition coefficient (Wildman–Crippen LogP) is 2.70. The summed E-state index contributed by atoms with van der Waals surface area (Å²) in [5.74, 6) is 0.858. The molecule has 1 aliphatic heterocycles. The van der Waals surface area contributed by atoms with Crippen LogP contribution in [0.4, 0.5) is 0 Å². The number of rotatable bonds is 4. The van der Waals surface area contributed by atoms with Crippen LogP contribution in [-0.2, 0) is 6.54 Å². The van der Waals surface area contributed by atoms with Crippen LogP contribution in [0, 0.1) is 5.92 Å². The van der Waals surface area contributed by atoms with Crippen molar-refractivity contribution in [2.45, 2.75) is 50.7 Å². The maximum Gasteiger partial charge on any atom is 0.0208 e. The van der Waals surface area contributed by atoms with E-state index in [1.165, 1.54) is 44.2 Å². The molecule has 1 saturated heterocycles. The van der Waals surface area contributed by atoms with E-state index in [4.69, 9.17) is 0 Å². The molecule has 0 bridgehead atoms. The molecule has 0 aromatic heterocycles. The van der Waals surface area contributed by atoms with Gasteiger partial charge < -0.3 is 10.6 Å². The maximum atomic E-state index is 3.78. The highest BCUT2D eigenvalue weighted by molar-refractivity contribution is 5.14. The van der Waals surface area contributed by atoms with E-state index in [2.05, 4.69) is 41.0 Å². The Morgan fingerprint density at radius 2 is 1.94 bits per heavy atom. The van der Waals surface area contributed by atoms with Crippen molar-refractivity contribution in [3.8, 4) is 0 Å². The summed E-state index contributed by atoms with van der Waals surface area (Å²) in [5.41, 5.74) is 1.41. The van der Waals surface area contributed by atoms with E-state index in [0.29, 0.717) is 0 Å². The maximum absolute atomic E-state index is 3.78. The molecule has 3 rings (SSSR count). The summed E-state index contributed by atoms with van der Waals surface area (Å²) in [5, 5.41) is 7.47. The highest BCUT2D eigenvalue weighted by Crippen LogP contribution is 2.32. The molecule has 98 valence electrons. The largest absolute Gasteiger partial charge is 0.314 e. The van der Waals surface area contributed by atoms with Crippen LogP contribution in [0.3, 0.4) is 0 Å². The van der Waals surface area contributed by atoms with Crippen molar-refractivity contribution >= 4 is 0 Å². The van der Waals surface area contributed by atoms with E-state index in [1.807, 2.05) is 0 Å². The van der Waals surface area contributed by atoms with Crippen molar-refractivity contribution in [1.82, 2.24) is 10.6 Å². The average Bonchev–Trinajstić information content (AvgIpc) is 3.08. The lowest BCUT2D eigenvalue weighted by molar-refractivity contribution is 0.320. The van der Waals surface area contributed by atoms with Gasteiger partial charge in [-0.2, -0.15) is 0 Å². The second-order valence-electron chi connectivity index (χ2n) is 5.77. The molecule has 0 spiro atoms. The lowest BCUT2D eigenvalue weighted by Gasteiger charge is -2.26. The molecule has 18 heavy (non-hydrogen) atoms. The number of nitrogens with one attached hydrogen (secondary N) is 2. The first-order chi connectivity index (χ1) is 8.93. The molecule has 3 unspecified atom stereocenters. The third kappa shape index (κ3) is 2.76. The Morgan fingerprint density at radius 1 is 1.06 bits per heavy atom. The Balaban J connectivity index is 1.55. The molecule has 1 saturated carbocycles. The van der Waals surface area contributed by atoms with Crippen molar-refractivity contribution in [3.63, 3.8) is 0 Å².